The van der Waals surface area contributed by atoms with Crippen molar-refractivity contribution in [2.24, 2.45) is 0 Å². The second-order valence-corrected chi connectivity index (χ2v) is 6.71. The van der Waals surface area contributed by atoms with Gasteiger partial charge in [-0.3, -0.25) is 0 Å². The highest BCUT2D eigenvalue weighted by Gasteiger charge is 2.21. The second kappa shape index (κ2) is 9.20. The topological polar surface area (TPSA) is 13.7 Å². The summed E-state index contributed by atoms with van der Waals surface area (Å²) in [4.78, 5) is 1.44. The zero-order chi connectivity index (χ0) is 16.9. The Labute approximate surface area is 167 Å². The molecule has 25 heavy (non-hydrogen) atoms. The standard InChI is InChI=1S/C22H25NO.HI/c1-17(23(2)3)16-22(19-11-5-4-6-12-19)24-21-15-9-13-18-10-7-8-14-20(18)21;/h4-15,17,22H,16H2,1-3H3;1H. The van der Waals surface area contributed by atoms with Crippen LogP contribution < -0.4 is 33.6 Å². The highest BCUT2D eigenvalue weighted by atomic mass is 127. The molecule has 3 heteroatoms. The molecule has 2 nitrogen and oxygen atoms in total. The van der Waals surface area contributed by atoms with Gasteiger partial charge in [-0.05, 0) is 23.9 Å². The molecule has 0 bridgehead atoms. The number of hydrogen-bond donors (Lipinski definition) is 1. The first-order valence-electron chi connectivity index (χ1n) is 8.64. The molecule has 0 aliphatic heterocycles. The summed E-state index contributed by atoms with van der Waals surface area (Å²) < 4.78 is 6.52. The van der Waals surface area contributed by atoms with Crippen LogP contribution in [0.4, 0.5) is 0 Å². The molecule has 0 saturated carbocycles. The summed E-state index contributed by atoms with van der Waals surface area (Å²) in [6.45, 7) is 2.28. The van der Waals surface area contributed by atoms with Crippen molar-refractivity contribution in [3.63, 3.8) is 0 Å². The van der Waals surface area contributed by atoms with E-state index in [2.05, 4.69) is 93.8 Å². The van der Waals surface area contributed by atoms with Gasteiger partial charge in [-0.15, -0.1) is 0 Å². The highest BCUT2D eigenvalue weighted by molar-refractivity contribution is 5.88. The van der Waals surface area contributed by atoms with E-state index in [1.54, 1.807) is 0 Å². The lowest BCUT2D eigenvalue weighted by molar-refractivity contribution is -0.884. The minimum Gasteiger partial charge on any atom is -1.00 e. The van der Waals surface area contributed by atoms with E-state index >= 15 is 0 Å². The Bertz CT molecular complexity index is 783. The number of halogens is 1. The van der Waals surface area contributed by atoms with Crippen molar-refractivity contribution < 1.29 is 33.6 Å². The monoisotopic (exact) mass is 447 g/mol. The minimum atomic E-state index is 0. The van der Waals surface area contributed by atoms with Crippen molar-refractivity contribution in [3.05, 3.63) is 78.4 Å². The molecule has 0 aromatic heterocycles. The normalized spacial score (nSPS) is 13.3. The van der Waals surface area contributed by atoms with Crippen molar-refractivity contribution in [2.45, 2.75) is 25.5 Å². The van der Waals surface area contributed by atoms with Crippen molar-refractivity contribution in [1.82, 2.24) is 0 Å². The number of fused-ring (bicyclic) bond motifs is 1. The minimum absolute atomic E-state index is 0. The van der Waals surface area contributed by atoms with Gasteiger partial charge in [-0.1, -0.05) is 66.7 Å². The van der Waals surface area contributed by atoms with Gasteiger partial charge in [0.25, 0.3) is 0 Å². The molecule has 0 saturated heterocycles. The van der Waals surface area contributed by atoms with Crippen LogP contribution in [0.2, 0.25) is 0 Å². The van der Waals surface area contributed by atoms with E-state index in [-0.39, 0.29) is 30.1 Å². The summed E-state index contributed by atoms with van der Waals surface area (Å²) in [5.74, 6) is 0.961. The Hall–Kier alpha value is -1.59. The van der Waals surface area contributed by atoms with Crippen LogP contribution in [0.5, 0.6) is 5.75 Å². The first-order valence-corrected chi connectivity index (χ1v) is 8.64. The summed E-state index contributed by atoms with van der Waals surface area (Å²) >= 11 is 0. The van der Waals surface area contributed by atoms with Gasteiger partial charge in [0.1, 0.15) is 11.9 Å². The summed E-state index contributed by atoms with van der Waals surface area (Å²) in [6.07, 6.45) is 1.04. The predicted octanol–water partition coefficient (Wildman–Crippen LogP) is 0.887. The molecule has 0 aliphatic carbocycles. The maximum Gasteiger partial charge on any atom is 0.129 e. The van der Waals surface area contributed by atoms with Crippen LogP contribution in [-0.2, 0) is 0 Å². The molecule has 0 heterocycles. The number of rotatable bonds is 6. The van der Waals surface area contributed by atoms with Gasteiger partial charge in [-0.25, -0.2) is 0 Å². The lowest BCUT2D eigenvalue weighted by Crippen LogP contribution is -3.09. The first kappa shape index (κ1) is 19.7. The van der Waals surface area contributed by atoms with Crippen LogP contribution in [0, 0.1) is 0 Å². The van der Waals surface area contributed by atoms with E-state index < -0.39 is 0 Å². The fraction of sp³-hybridized carbons (Fsp3) is 0.273. The SMILES string of the molecule is CC(CC(Oc1cccc2ccccc12)c1ccccc1)[NH+](C)C.[I-]. The molecule has 0 aliphatic rings. The average molecular weight is 447 g/mol. The largest absolute Gasteiger partial charge is 1.00 e. The van der Waals surface area contributed by atoms with Crippen molar-refractivity contribution >= 4 is 10.8 Å². The third-order valence-electron chi connectivity index (χ3n) is 4.74. The number of ether oxygens (including phenoxy) is 1. The molecule has 0 fully saturated rings. The molecule has 132 valence electrons. The smallest absolute Gasteiger partial charge is 0.129 e. The molecule has 0 radical (unpaired) electrons. The molecule has 3 aromatic carbocycles. The molecule has 2 atom stereocenters. The zero-order valence-electron chi connectivity index (χ0n) is 15.1. The molecular weight excluding hydrogens is 421 g/mol. The van der Waals surface area contributed by atoms with E-state index in [1.807, 2.05) is 0 Å². The zero-order valence-corrected chi connectivity index (χ0v) is 17.2. The van der Waals surface area contributed by atoms with Crippen LogP contribution in [0.3, 0.4) is 0 Å². The van der Waals surface area contributed by atoms with Gasteiger partial charge < -0.3 is 33.6 Å². The van der Waals surface area contributed by atoms with Crippen LogP contribution in [-0.4, -0.2) is 20.1 Å². The predicted molar refractivity (Wildman–Crippen MR) is 101 cm³/mol. The van der Waals surface area contributed by atoms with Gasteiger partial charge in [0.05, 0.1) is 20.1 Å². The van der Waals surface area contributed by atoms with Crippen LogP contribution in [0.25, 0.3) is 10.8 Å². The Kier molecular flexibility index (Phi) is 7.26. The van der Waals surface area contributed by atoms with Gasteiger partial charge in [0.15, 0.2) is 0 Å². The fourth-order valence-corrected chi connectivity index (χ4v) is 2.93. The van der Waals surface area contributed by atoms with Crippen molar-refractivity contribution in [1.29, 1.82) is 0 Å². The molecular formula is C22H26INO. The van der Waals surface area contributed by atoms with E-state index in [9.17, 15) is 0 Å². The Morgan fingerprint density at radius 3 is 2.20 bits per heavy atom. The summed E-state index contributed by atoms with van der Waals surface area (Å²) in [6, 6.07) is 25.7. The van der Waals surface area contributed by atoms with Gasteiger partial charge >= 0.3 is 0 Å². The Balaban J connectivity index is 0.00000225. The van der Waals surface area contributed by atoms with Crippen LogP contribution in [0.1, 0.15) is 25.0 Å². The molecule has 0 spiro atoms. The van der Waals surface area contributed by atoms with E-state index in [4.69, 9.17) is 4.74 Å². The summed E-state index contributed by atoms with van der Waals surface area (Å²) in [7, 11) is 4.40. The van der Waals surface area contributed by atoms with E-state index in [1.165, 1.54) is 21.2 Å². The third-order valence-corrected chi connectivity index (χ3v) is 4.74. The molecule has 0 amide bonds. The maximum atomic E-state index is 6.52. The maximum absolute atomic E-state index is 6.52. The third kappa shape index (κ3) is 4.95. The lowest BCUT2D eigenvalue weighted by Gasteiger charge is -2.25. The average Bonchev–Trinajstić information content (AvgIpc) is 2.62. The van der Waals surface area contributed by atoms with Gasteiger partial charge in [-0.2, -0.15) is 0 Å². The summed E-state index contributed by atoms with van der Waals surface area (Å²) in [5, 5.41) is 2.39. The second-order valence-electron chi connectivity index (χ2n) is 6.71. The van der Waals surface area contributed by atoms with Crippen molar-refractivity contribution in [2.75, 3.05) is 14.1 Å². The quantitative estimate of drug-likeness (QED) is 0.555. The fourth-order valence-electron chi connectivity index (χ4n) is 2.93. The van der Waals surface area contributed by atoms with Gasteiger partial charge in [0.2, 0.25) is 0 Å². The molecule has 3 aromatic rings. The lowest BCUT2D eigenvalue weighted by atomic mass is 10.0. The Morgan fingerprint density at radius 2 is 1.48 bits per heavy atom. The summed E-state index contributed by atoms with van der Waals surface area (Å²) in [5.41, 5.74) is 1.23. The number of benzene rings is 3. The molecule has 1 N–H and O–H groups in total. The van der Waals surface area contributed by atoms with E-state index in [0.717, 1.165) is 12.2 Å². The van der Waals surface area contributed by atoms with Crippen LogP contribution >= 0.6 is 0 Å². The Morgan fingerprint density at radius 1 is 0.840 bits per heavy atom. The first-order chi connectivity index (χ1) is 11.6. The highest BCUT2D eigenvalue weighted by Crippen LogP contribution is 2.31. The van der Waals surface area contributed by atoms with Crippen molar-refractivity contribution in [3.8, 4) is 5.75 Å². The number of quaternary nitrogens is 1. The van der Waals surface area contributed by atoms with Gasteiger partial charge in [0, 0.05) is 11.8 Å². The number of nitrogens with one attached hydrogen (secondary N) is 1. The molecule has 3 rings (SSSR count). The van der Waals surface area contributed by atoms with Crippen LogP contribution in [0.15, 0.2) is 72.8 Å². The van der Waals surface area contributed by atoms with E-state index in [0.29, 0.717) is 6.04 Å². The molecule has 2 unspecified atom stereocenters. The number of hydrogen-bond acceptors (Lipinski definition) is 1.